The van der Waals surface area contributed by atoms with Gasteiger partial charge in [-0.05, 0) is 54.5 Å². The molecule has 0 saturated carbocycles. The Balaban J connectivity index is 1.93. The summed E-state index contributed by atoms with van der Waals surface area (Å²) < 4.78 is 24.7. The van der Waals surface area contributed by atoms with Crippen LogP contribution in [0.2, 0.25) is 0 Å². The van der Waals surface area contributed by atoms with E-state index in [1.165, 1.54) is 112 Å². The van der Waals surface area contributed by atoms with Gasteiger partial charge < -0.3 is 9.05 Å². The van der Waals surface area contributed by atoms with Crippen molar-refractivity contribution < 1.29 is 13.6 Å². The van der Waals surface area contributed by atoms with Gasteiger partial charge in [-0.1, -0.05) is 133 Å². The van der Waals surface area contributed by atoms with Gasteiger partial charge in [0.25, 0.3) is 0 Å². The van der Waals surface area contributed by atoms with Gasteiger partial charge in [0.15, 0.2) is 0 Å². The predicted octanol–water partition coefficient (Wildman–Crippen LogP) is 11.2. The van der Waals surface area contributed by atoms with Crippen LogP contribution in [0.15, 0.2) is 42.5 Å². The van der Waals surface area contributed by atoms with E-state index in [2.05, 4.69) is 56.3 Å². The third-order valence-corrected chi connectivity index (χ3v) is 10.3. The van der Waals surface area contributed by atoms with Gasteiger partial charge in [-0.2, -0.15) is 0 Å². The number of fused-ring (bicyclic) bond motifs is 3. The first-order valence-corrected chi connectivity index (χ1v) is 17.4. The van der Waals surface area contributed by atoms with E-state index in [0.29, 0.717) is 19.4 Å². The number of hydrogen-bond acceptors (Lipinski definition) is 3. The van der Waals surface area contributed by atoms with Gasteiger partial charge >= 0.3 is 7.60 Å². The molecule has 0 radical (unpaired) electrons. The summed E-state index contributed by atoms with van der Waals surface area (Å²) in [6.07, 6.45) is 18.5. The average Bonchev–Trinajstić information content (AvgIpc) is 3.17. The largest absolute Gasteiger partial charge is 0.335 e. The van der Waals surface area contributed by atoms with Crippen molar-refractivity contribution >= 4 is 7.60 Å². The Labute approximate surface area is 233 Å². The molecule has 0 N–H and O–H groups in total. The van der Waals surface area contributed by atoms with Crippen LogP contribution in [0.1, 0.15) is 134 Å². The lowest BCUT2D eigenvalue weighted by atomic mass is 9.70. The Morgan fingerprint density at radius 1 is 0.632 bits per heavy atom. The van der Waals surface area contributed by atoms with Crippen LogP contribution in [0.4, 0.5) is 0 Å². The Morgan fingerprint density at radius 3 is 1.74 bits per heavy atom. The zero-order valence-electron chi connectivity index (χ0n) is 24.7. The lowest BCUT2D eigenvalue weighted by Gasteiger charge is -2.33. The molecule has 1 aliphatic rings. The van der Waals surface area contributed by atoms with Crippen LogP contribution in [0, 0.1) is 0 Å². The molecule has 0 heterocycles. The summed E-state index contributed by atoms with van der Waals surface area (Å²) in [5.41, 5.74) is 6.81. The maximum Gasteiger partial charge on any atom is 0.335 e. The molecule has 0 aliphatic heterocycles. The van der Waals surface area contributed by atoms with Gasteiger partial charge in [0.1, 0.15) is 0 Å². The lowest BCUT2D eigenvalue weighted by molar-refractivity contribution is 0.219. The third-order valence-electron chi connectivity index (χ3n) is 8.27. The summed E-state index contributed by atoms with van der Waals surface area (Å²) in [6, 6.07) is 15.9. The summed E-state index contributed by atoms with van der Waals surface area (Å²) in [5.74, 6) is 0. The molecule has 3 nitrogen and oxygen atoms in total. The minimum Gasteiger partial charge on any atom is -0.309 e. The van der Waals surface area contributed by atoms with E-state index >= 15 is 0 Å². The SMILES string of the molecule is CCCCCCCCC1(CCCCCCCC)c2ccccc2-c2ccc(CP(=O)(OCC)OCC)cc21. The van der Waals surface area contributed by atoms with E-state index in [4.69, 9.17) is 9.05 Å². The molecule has 0 amide bonds. The Bertz CT molecular complexity index is 989. The lowest BCUT2D eigenvalue weighted by Crippen LogP contribution is -2.25. The Kier molecular flexibility index (Phi) is 13.1. The van der Waals surface area contributed by atoms with E-state index < -0.39 is 7.60 Å². The highest BCUT2D eigenvalue weighted by Gasteiger charge is 2.42. The van der Waals surface area contributed by atoms with E-state index in [0.717, 1.165) is 5.56 Å². The van der Waals surface area contributed by atoms with Crippen molar-refractivity contribution in [3.63, 3.8) is 0 Å². The zero-order valence-corrected chi connectivity index (χ0v) is 25.6. The van der Waals surface area contributed by atoms with Crippen LogP contribution in [0.5, 0.6) is 0 Å². The quantitative estimate of drug-likeness (QED) is 0.124. The maximum absolute atomic E-state index is 13.4. The number of benzene rings is 2. The molecule has 4 heteroatoms. The predicted molar refractivity (Wildman–Crippen MR) is 163 cm³/mol. The molecule has 38 heavy (non-hydrogen) atoms. The van der Waals surface area contributed by atoms with Gasteiger partial charge in [0, 0.05) is 5.41 Å². The van der Waals surface area contributed by atoms with Gasteiger partial charge in [0.2, 0.25) is 0 Å². The number of unbranched alkanes of at least 4 members (excludes halogenated alkanes) is 10. The van der Waals surface area contributed by atoms with Gasteiger partial charge in [0.05, 0.1) is 19.4 Å². The van der Waals surface area contributed by atoms with Crippen LogP contribution in [-0.2, 0) is 25.2 Å². The molecule has 212 valence electrons. The summed E-state index contributed by atoms with van der Waals surface area (Å²) in [4.78, 5) is 0. The second-order valence-corrected chi connectivity index (χ2v) is 13.2. The molecule has 0 saturated heterocycles. The summed E-state index contributed by atoms with van der Waals surface area (Å²) in [6.45, 7) is 9.14. The number of rotatable bonds is 20. The van der Waals surface area contributed by atoms with Crippen LogP contribution < -0.4 is 0 Å². The average molecular weight is 541 g/mol. The highest BCUT2D eigenvalue weighted by atomic mass is 31.2. The molecule has 0 atom stereocenters. The summed E-state index contributed by atoms with van der Waals surface area (Å²) in [7, 11) is -3.16. The first kappa shape index (κ1) is 31.1. The molecule has 0 bridgehead atoms. The Morgan fingerprint density at radius 2 is 1.16 bits per heavy atom. The monoisotopic (exact) mass is 540 g/mol. The first-order valence-electron chi connectivity index (χ1n) is 15.6. The molecule has 0 fully saturated rings. The second-order valence-electron chi connectivity index (χ2n) is 11.1. The minimum absolute atomic E-state index is 0.0403. The molecule has 2 aromatic carbocycles. The minimum atomic E-state index is -3.16. The molecular weight excluding hydrogens is 487 g/mol. The Hall–Kier alpha value is -1.41. The van der Waals surface area contributed by atoms with Crippen LogP contribution in [-0.4, -0.2) is 13.2 Å². The smallest absolute Gasteiger partial charge is 0.309 e. The van der Waals surface area contributed by atoms with Crippen LogP contribution >= 0.6 is 7.60 Å². The molecular formula is C34H53O3P. The zero-order chi connectivity index (χ0) is 27.3. The summed E-state index contributed by atoms with van der Waals surface area (Å²) >= 11 is 0. The standard InChI is InChI=1S/C34H53O3P/c1-5-9-11-13-15-19-25-34(26-20-16-14-12-10-6-2)32-22-18-17-21-30(32)31-24-23-29(27-33(31)34)28-38(35,36-7-3)37-8-4/h17-18,21-24,27H,5-16,19-20,25-26,28H2,1-4H3. The fourth-order valence-corrected chi connectivity index (χ4v) is 8.11. The summed E-state index contributed by atoms with van der Waals surface area (Å²) in [5, 5.41) is 0. The normalized spacial score (nSPS) is 14.0. The fourth-order valence-electron chi connectivity index (χ4n) is 6.42. The molecule has 0 unspecified atom stereocenters. The van der Waals surface area contributed by atoms with E-state index in [9.17, 15) is 4.57 Å². The molecule has 0 aromatic heterocycles. The third kappa shape index (κ3) is 8.06. The second kappa shape index (κ2) is 16.0. The number of hydrogen-bond donors (Lipinski definition) is 0. The molecule has 1 aliphatic carbocycles. The van der Waals surface area contributed by atoms with Crippen molar-refractivity contribution in [2.75, 3.05) is 13.2 Å². The molecule has 0 spiro atoms. The van der Waals surface area contributed by atoms with Gasteiger partial charge in [-0.15, -0.1) is 0 Å². The molecule has 3 rings (SSSR count). The van der Waals surface area contributed by atoms with Crippen molar-refractivity contribution in [2.45, 2.75) is 129 Å². The van der Waals surface area contributed by atoms with Crippen LogP contribution in [0.3, 0.4) is 0 Å². The van der Waals surface area contributed by atoms with Gasteiger partial charge in [-0.25, -0.2) is 0 Å². The van der Waals surface area contributed by atoms with Crippen molar-refractivity contribution in [2.24, 2.45) is 0 Å². The van der Waals surface area contributed by atoms with Crippen LogP contribution in [0.25, 0.3) is 11.1 Å². The molecule has 2 aromatic rings. The van der Waals surface area contributed by atoms with E-state index in [1.54, 1.807) is 0 Å². The highest BCUT2D eigenvalue weighted by molar-refractivity contribution is 7.53. The van der Waals surface area contributed by atoms with Crippen molar-refractivity contribution in [1.29, 1.82) is 0 Å². The highest BCUT2D eigenvalue weighted by Crippen LogP contribution is 2.56. The maximum atomic E-state index is 13.4. The van der Waals surface area contributed by atoms with E-state index in [-0.39, 0.29) is 5.41 Å². The topological polar surface area (TPSA) is 35.5 Å². The van der Waals surface area contributed by atoms with E-state index in [1.807, 2.05) is 13.8 Å². The van der Waals surface area contributed by atoms with Crippen molar-refractivity contribution in [1.82, 2.24) is 0 Å². The van der Waals surface area contributed by atoms with Crippen molar-refractivity contribution in [3.8, 4) is 11.1 Å². The first-order chi connectivity index (χ1) is 18.5. The van der Waals surface area contributed by atoms with Gasteiger partial charge in [-0.3, -0.25) is 4.57 Å². The van der Waals surface area contributed by atoms with Crippen molar-refractivity contribution in [3.05, 3.63) is 59.2 Å². The fraction of sp³-hybridized carbons (Fsp3) is 0.647.